The Morgan fingerprint density at radius 2 is 1.56 bits per heavy atom. The number of allylic oxidation sites excluding steroid dienone is 5. The Balaban J connectivity index is -0.000000208. The average Bonchev–Trinajstić information content (AvgIpc) is 2.68. The standard InChI is InChI=1S/C17H28O3.3CO.Fe/c1-2-3-4-5-6-7-8-9-10-11-13-16(18)14-12-15-17(19)20;3*1-2;/h6-7,9-11,13,16,18H,2-5,8,12,14-15H2,1H3,(H,19,20);;;;/q;;;;+3/b7-6-,10-9-,13-11+;;;;/t16-;;;;/m1..../s1. The van der Waals surface area contributed by atoms with E-state index in [-0.39, 0.29) is 23.5 Å². The summed E-state index contributed by atoms with van der Waals surface area (Å²) in [6.45, 7) is 15.7. The minimum atomic E-state index is -0.813. The van der Waals surface area contributed by atoms with E-state index in [0.29, 0.717) is 12.8 Å². The van der Waals surface area contributed by atoms with Crippen LogP contribution in [0.1, 0.15) is 58.3 Å². The van der Waals surface area contributed by atoms with E-state index in [1.165, 1.54) is 19.3 Å². The van der Waals surface area contributed by atoms with Crippen molar-refractivity contribution in [3.8, 4) is 0 Å². The molecular formula is C20H28FeO6+3. The van der Waals surface area contributed by atoms with Gasteiger partial charge in [0.2, 0.25) is 0 Å². The molecule has 0 heterocycles. The van der Waals surface area contributed by atoms with Crippen LogP contribution in [0.5, 0.6) is 0 Å². The van der Waals surface area contributed by atoms with Gasteiger partial charge in [0.15, 0.2) is 0 Å². The molecule has 0 saturated carbocycles. The van der Waals surface area contributed by atoms with E-state index in [4.69, 9.17) is 19.1 Å². The molecule has 2 N–H and O–H groups in total. The maximum Gasteiger partial charge on any atom is 3.00 e. The number of carboxylic acids is 1. The molecule has 0 rings (SSSR count). The minimum Gasteiger partial charge on any atom is 3.00 e. The molecule has 0 aliphatic heterocycles. The molecule has 0 unspecified atom stereocenters. The molecular weight excluding hydrogens is 392 g/mol. The van der Waals surface area contributed by atoms with E-state index in [9.17, 15) is 9.90 Å². The first kappa shape index (κ1) is 36.3. The molecule has 7 heteroatoms. The van der Waals surface area contributed by atoms with Crippen molar-refractivity contribution in [3.05, 3.63) is 56.4 Å². The summed E-state index contributed by atoms with van der Waals surface area (Å²) in [5.74, 6) is -0.813. The summed E-state index contributed by atoms with van der Waals surface area (Å²) in [6, 6.07) is 0. The van der Waals surface area contributed by atoms with Gasteiger partial charge in [-0.1, -0.05) is 56.2 Å². The average molecular weight is 420 g/mol. The second-order valence-corrected chi connectivity index (χ2v) is 4.87. The summed E-state index contributed by atoms with van der Waals surface area (Å²) in [4.78, 5) is 10.3. The predicted molar refractivity (Wildman–Crippen MR) is 95.5 cm³/mol. The third-order valence-electron chi connectivity index (χ3n) is 2.88. The number of hydrogen-bond acceptors (Lipinski definition) is 2. The predicted octanol–water partition coefficient (Wildman–Crippen LogP) is 4.13. The van der Waals surface area contributed by atoms with Crippen LogP contribution in [0.15, 0.2) is 36.5 Å². The van der Waals surface area contributed by atoms with Gasteiger partial charge in [-0.2, -0.15) is 0 Å². The number of carbonyl (C=O) groups is 1. The quantitative estimate of drug-likeness (QED) is 0.123. The van der Waals surface area contributed by atoms with Crippen molar-refractivity contribution in [2.75, 3.05) is 0 Å². The van der Waals surface area contributed by atoms with Gasteiger partial charge in [0.1, 0.15) is 0 Å². The van der Waals surface area contributed by atoms with Gasteiger partial charge < -0.3 is 10.2 Å². The van der Waals surface area contributed by atoms with Crippen molar-refractivity contribution in [2.24, 2.45) is 0 Å². The Morgan fingerprint density at radius 3 is 2.07 bits per heavy atom. The minimum absolute atomic E-state index is 0. The van der Waals surface area contributed by atoms with Crippen molar-refractivity contribution in [1.29, 1.82) is 0 Å². The molecule has 27 heavy (non-hydrogen) atoms. The fraction of sp³-hybridized carbons (Fsp3) is 0.500. The Kier molecular flexibility index (Phi) is 53.1. The number of aliphatic hydroxyl groups is 1. The van der Waals surface area contributed by atoms with E-state index in [1.807, 2.05) is 18.2 Å². The molecule has 0 aromatic heterocycles. The van der Waals surface area contributed by atoms with E-state index < -0.39 is 12.1 Å². The first-order chi connectivity index (χ1) is 12.7. The van der Waals surface area contributed by atoms with Crippen molar-refractivity contribution in [1.82, 2.24) is 0 Å². The van der Waals surface area contributed by atoms with Crippen LogP contribution in [-0.4, -0.2) is 22.3 Å². The van der Waals surface area contributed by atoms with Gasteiger partial charge in [-0.15, -0.1) is 0 Å². The van der Waals surface area contributed by atoms with Crippen molar-refractivity contribution in [3.63, 3.8) is 0 Å². The van der Waals surface area contributed by atoms with Gasteiger partial charge >= 0.3 is 56.9 Å². The van der Waals surface area contributed by atoms with Gasteiger partial charge in [0.25, 0.3) is 0 Å². The number of hydrogen-bond donors (Lipinski definition) is 2. The second-order valence-electron chi connectivity index (χ2n) is 4.87. The SMILES string of the molecule is CCCCC/C=C\C/C=C\C=C\[C@@H](O)CCCC(=O)O.[C-]#[O+].[C-]#[O+].[C-]#[O+].[Fe+3]. The van der Waals surface area contributed by atoms with Crippen LogP contribution in [0, 0.1) is 20.0 Å². The topological polar surface area (TPSA) is 117 Å². The molecule has 0 amide bonds. The number of carboxylic acid groups (broad SMARTS) is 1. The third kappa shape index (κ3) is 45.5. The number of aliphatic hydroxyl groups excluding tert-OH is 1. The summed E-state index contributed by atoms with van der Waals surface area (Å²) >= 11 is 0. The molecule has 0 spiro atoms. The molecule has 0 fully saturated rings. The first-order valence-electron chi connectivity index (χ1n) is 8.16. The van der Waals surface area contributed by atoms with Crippen LogP contribution >= 0.6 is 0 Å². The molecule has 0 aromatic carbocycles. The molecule has 6 nitrogen and oxygen atoms in total. The van der Waals surface area contributed by atoms with Crippen LogP contribution in [0.3, 0.4) is 0 Å². The first-order valence-corrected chi connectivity index (χ1v) is 8.16. The summed E-state index contributed by atoms with van der Waals surface area (Å²) in [5, 5.41) is 18.0. The summed E-state index contributed by atoms with van der Waals surface area (Å²) in [6.07, 6.45) is 18.3. The fourth-order valence-electron chi connectivity index (χ4n) is 1.71. The molecule has 0 aliphatic carbocycles. The molecule has 149 valence electrons. The summed E-state index contributed by atoms with van der Waals surface area (Å²) < 4.78 is 22.5. The zero-order valence-corrected chi connectivity index (χ0v) is 16.7. The Morgan fingerprint density at radius 1 is 0.963 bits per heavy atom. The van der Waals surface area contributed by atoms with Crippen molar-refractivity contribution in [2.45, 2.75) is 64.4 Å². The van der Waals surface area contributed by atoms with Crippen LogP contribution in [-0.2, 0) is 35.8 Å². The maximum absolute atomic E-state index is 10.3. The molecule has 0 aliphatic rings. The van der Waals surface area contributed by atoms with Gasteiger partial charge in [-0.25, -0.2) is 0 Å². The molecule has 1 radical (unpaired) electrons. The van der Waals surface area contributed by atoms with Crippen LogP contribution in [0.25, 0.3) is 0 Å². The van der Waals surface area contributed by atoms with Crippen LogP contribution < -0.4 is 0 Å². The summed E-state index contributed by atoms with van der Waals surface area (Å²) in [5.41, 5.74) is 0. The van der Waals surface area contributed by atoms with Crippen LogP contribution in [0.4, 0.5) is 0 Å². The third-order valence-corrected chi connectivity index (χ3v) is 2.88. The smallest absolute Gasteiger partial charge is 3.00 e. The van der Waals surface area contributed by atoms with Crippen molar-refractivity contribution < 1.29 is 46.0 Å². The Labute approximate surface area is 173 Å². The number of rotatable bonds is 12. The van der Waals surface area contributed by atoms with E-state index >= 15 is 0 Å². The monoisotopic (exact) mass is 420 g/mol. The van der Waals surface area contributed by atoms with Crippen LogP contribution in [0.2, 0.25) is 0 Å². The van der Waals surface area contributed by atoms with E-state index in [1.54, 1.807) is 6.08 Å². The van der Waals surface area contributed by atoms with Gasteiger partial charge in [-0.3, -0.25) is 4.79 Å². The van der Waals surface area contributed by atoms with Gasteiger partial charge in [0, 0.05) is 6.42 Å². The molecule has 0 saturated heterocycles. The Bertz CT molecular complexity index is 421. The zero-order chi connectivity index (χ0) is 21.1. The number of unbranched alkanes of at least 4 members (excludes halogenated alkanes) is 3. The zero-order valence-electron chi connectivity index (χ0n) is 15.6. The van der Waals surface area contributed by atoms with Gasteiger partial charge in [0.05, 0.1) is 6.10 Å². The van der Waals surface area contributed by atoms with E-state index in [0.717, 1.165) is 12.8 Å². The molecule has 1 atom stereocenters. The summed E-state index contributed by atoms with van der Waals surface area (Å²) in [7, 11) is 0. The van der Waals surface area contributed by atoms with E-state index in [2.05, 4.69) is 39.0 Å². The molecule has 0 aromatic rings. The fourth-order valence-corrected chi connectivity index (χ4v) is 1.71. The van der Waals surface area contributed by atoms with Crippen molar-refractivity contribution >= 4 is 5.97 Å². The van der Waals surface area contributed by atoms with Gasteiger partial charge in [-0.05, 0) is 32.1 Å². The Hall–Kier alpha value is -1.61. The molecule has 0 bridgehead atoms. The second kappa shape index (κ2) is 39.5. The largest absolute Gasteiger partial charge is 3.00 e. The normalized spacial score (nSPS) is 10.4. The number of aliphatic carboxylic acids is 1. The maximum atomic E-state index is 10.3.